The molecule has 16 heavy (non-hydrogen) atoms. The average Bonchev–Trinajstić information content (AvgIpc) is 2.74. The number of rotatable bonds is 1. The predicted octanol–water partition coefficient (Wildman–Crippen LogP) is 3.61. The third kappa shape index (κ3) is 1.54. The summed E-state index contributed by atoms with van der Waals surface area (Å²) in [7, 11) is 0. The zero-order valence-electron chi connectivity index (χ0n) is 8.96. The van der Waals surface area contributed by atoms with Gasteiger partial charge in [0, 0.05) is 16.8 Å². The minimum atomic E-state index is 0.780. The molecule has 0 amide bonds. The second kappa shape index (κ2) is 3.95. The first-order chi connectivity index (χ1) is 7.86. The molecule has 1 aromatic carbocycles. The van der Waals surface area contributed by atoms with E-state index in [9.17, 15) is 0 Å². The molecule has 0 unspecified atom stereocenters. The van der Waals surface area contributed by atoms with Crippen LogP contribution >= 0.6 is 11.6 Å². The smallest absolute Gasteiger partial charge is 0.0970 e. The van der Waals surface area contributed by atoms with Crippen LogP contribution in [0.15, 0.2) is 24.3 Å². The van der Waals surface area contributed by atoms with Gasteiger partial charge in [-0.25, -0.2) is 0 Å². The van der Waals surface area contributed by atoms with Crippen molar-refractivity contribution in [3.63, 3.8) is 0 Å². The highest BCUT2D eigenvalue weighted by Gasteiger charge is 2.18. The van der Waals surface area contributed by atoms with Crippen LogP contribution < -0.4 is 0 Å². The van der Waals surface area contributed by atoms with Crippen molar-refractivity contribution in [2.24, 2.45) is 0 Å². The first-order valence-electron chi connectivity index (χ1n) is 5.67. The molecule has 0 spiro atoms. The minimum Gasteiger partial charge on any atom is -0.282 e. The Kier molecular flexibility index (Phi) is 2.44. The maximum absolute atomic E-state index is 6.20. The number of hydrogen-bond donors (Lipinski definition) is 1. The number of aryl methyl sites for hydroxylation is 1. The van der Waals surface area contributed by atoms with Gasteiger partial charge in [-0.15, -0.1) is 0 Å². The third-order valence-electron chi connectivity index (χ3n) is 3.19. The van der Waals surface area contributed by atoms with Crippen molar-refractivity contribution in [3.8, 4) is 11.3 Å². The van der Waals surface area contributed by atoms with E-state index < -0.39 is 0 Å². The normalized spacial score (nSPS) is 14.8. The number of aromatic nitrogens is 2. The fourth-order valence-electron chi connectivity index (χ4n) is 2.36. The van der Waals surface area contributed by atoms with Crippen LogP contribution in [0.3, 0.4) is 0 Å². The quantitative estimate of drug-likeness (QED) is 0.800. The van der Waals surface area contributed by atoms with Gasteiger partial charge in [-0.2, -0.15) is 5.10 Å². The lowest BCUT2D eigenvalue weighted by atomic mass is 9.94. The monoisotopic (exact) mass is 232 g/mol. The Bertz CT molecular complexity index is 516. The molecular formula is C13H13ClN2. The van der Waals surface area contributed by atoms with E-state index in [0.717, 1.165) is 29.1 Å². The van der Waals surface area contributed by atoms with Gasteiger partial charge >= 0.3 is 0 Å². The van der Waals surface area contributed by atoms with Crippen LogP contribution in [0.2, 0.25) is 5.02 Å². The molecule has 1 aromatic heterocycles. The van der Waals surface area contributed by atoms with Gasteiger partial charge in [-0.1, -0.05) is 29.8 Å². The van der Waals surface area contributed by atoms with Crippen LogP contribution in [0.25, 0.3) is 11.3 Å². The first kappa shape index (κ1) is 9.91. The Labute approximate surface area is 99.6 Å². The molecule has 1 aliphatic carbocycles. The molecule has 0 saturated carbocycles. The zero-order chi connectivity index (χ0) is 11.0. The van der Waals surface area contributed by atoms with E-state index in [1.807, 2.05) is 24.3 Å². The lowest BCUT2D eigenvalue weighted by Gasteiger charge is -2.11. The Hall–Kier alpha value is -1.28. The highest BCUT2D eigenvalue weighted by molar-refractivity contribution is 6.33. The van der Waals surface area contributed by atoms with Gasteiger partial charge < -0.3 is 0 Å². The van der Waals surface area contributed by atoms with Crippen LogP contribution in [-0.4, -0.2) is 10.2 Å². The van der Waals surface area contributed by atoms with Crippen molar-refractivity contribution in [3.05, 3.63) is 40.5 Å². The molecule has 82 valence electrons. The molecule has 0 bridgehead atoms. The minimum absolute atomic E-state index is 0.780. The summed E-state index contributed by atoms with van der Waals surface area (Å²) in [5.41, 5.74) is 4.74. The van der Waals surface area contributed by atoms with E-state index >= 15 is 0 Å². The summed E-state index contributed by atoms with van der Waals surface area (Å²) in [6.45, 7) is 0. The van der Waals surface area contributed by atoms with Crippen LogP contribution in [-0.2, 0) is 12.8 Å². The highest BCUT2D eigenvalue weighted by Crippen LogP contribution is 2.33. The molecule has 0 fully saturated rings. The Morgan fingerprint density at radius 3 is 2.81 bits per heavy atom. The van der Waals surface area contributed by atoms with Gasteiger partial charge in [-0.3, -0.25) is 5.10 Å². The number of benzene rings is 1. The zero-order valence-corrected chi connectivity index (χ0v) is 9.72. The van der Waals surface area contributed by atoms with Crippen molar-refractivity contribution < 1.29 is 0 Å². The van der Waals surface area contributed by atoms with E-state index in [-0.39, 0.29) is 0 Å². The maximum atomic E-state index is 6.20. The van der Waals surface area contributed by atoms with E-state index in [2.05, 4.69) is 10.2 Å². The molecule has 0 saturated heterocycles. The summed E-state index contributed by atoms with van der Waals surface area (Å²) in [5, 5.41) is 8.34. The summed E-state index contributed by atoms with van der Waals surface area (Å²) in [4.78, 5) is 0. The number of nitrogens with zero attached hydrogens (tertiary/aromatic N) is 1. The number of nitrogens with one attached hydrogen (secondary N) is 1. The molecule has 0 aliphatic heterocycles. The number of fused-ring (bicyclic) bond motifs is 1. The largest absolute Gasteiger partial charge is 0.282 e. The van der Waals surface area contributed by atoms with Gasteiger partial charge in [0.2, 0.25) is 0 Å². The molecule has 3 rings (SSSR count). The van der Waals surface area contributed by atoms with Gasteiger partial charge in [0.05, 0.1) is 10.7 Å². The fraction of sp³-hybridized carbons (Fsp3) is 0.308. The second-order valence-electron chi connectivity index (χ2n) is 4.22. The van der Waals surface area contributed by atoms with Crippen molar-refractivity contribution in [1.82, 2.24) is 10.2 Å². The Balaban J connectivity index is 2.13. The highest BCUT2D eigenvalue weighted by atomic mass is 35.5. The Morgan fingerprint density at radius 2 is 1.94 bits per heavy atom. The van der Waals surface area contributed by atoms with Crippen molar-refractivity contribution in [2.45, 2.75) is 25.7 Å². The van der Waals surface area contributed by atoms with Crippen LogP contribution in [0.1, 0.15) is 24.1 Å². The predicted molar refractivity (Wildman–Crippen MR) is 65.7 cm³/mol. The SMILES string of the molecule is Clc1ccccc1-c1n[nH]c2c1CCCC2. The molecule has 1 aliphatic rings. The van der Waals surface area contributed by atoms with Crippen LogP contribution in [0, 0.1) is 0 Å². The summed E-state index contributed by atoms with van der Waals surface area (Å²) in [5.74, 6) is 0. The summed E-state index contributed by atoms with van der Waals surface area (Å²) in [6.07, 6.45) is 4.75. The van der Waals surface area contributed by atoms with E-state index in [1.165, 1.54) is 24.1 Å². The third-order valence-corrected chi connectivity index (χ3v) is 3.51. The molecular weight excluding hydrogens is 220 g/mol. The van der Waals surface area contributed by atoms with Gasteiger partial charge in [0.15, 0.2) is 0 Å². The summed E-state index contributed by atoms with van der Waals surface area (Å²) in [6, 6.07) is 7.91. The molecule has 0 atom stereocenters. The summed E-state index contributed by atoms with van der Waals surface area (Å²) < 4.78 is 0. The number of hydrogen-bond acceptors (Lipinski definition) is 1. The van der Waals surface area contributed by atoms with E-state index in [0.29, 0.717) is 0 Å². The topological polar surface area (TPSA) is 28.7 Å². The molecule has 1 N–H and O–H groups in total. The van der Waals surface area contributed by atoms with Crippen molar-refractivity contribution in [2.75, 3.05) is 0 Å². The van der Waals surface area contributed by atoms with Crippen LogP contribution in [0.4, 0.5) is 0 Å². The van der Waals surface area contributed by atoms with E-state index in [4.69, 9.17) is 11.6 Å². The number of H-pyrrole nitrogens is 1. The maximum Gasteiger partial charge on any atom is 0.0970 e. The standard InChI is InChI=1S/C13H13ClN2/c14-11-7-3-1-5-9(11)13-10-6-2-4-8-12(10)15-16-13/h1,3,5,7H,2,4,6,8H2,(H,15,16). The van der Waals surface area contributed by atoms with Crippen LogP contribution in [0.5, 0.6) is 0 Å². The molecule has 2 nitrogen and oxygen atoms in total. The second-order valence-corrected chi connectivity index (χ2v) is 4.62. The number of aromatic amines is 1. The molecule has 1 heterocycles. The van der Waals surface area contributed by atoms with Gasteiger partial charge in [-0.05, 0) is 31.7 Å². The average molecular weight is 233 g/mol. The lowest BCUT2D eigenvalue weighted by molar-refractivity contribution is 0.675. The first-order valence-corrected chi connectivity index (χ1v) is 6.05. The summed E-state index contributed by atoms with van der Waals surface area (Å²) >= 11 is 6.20. The number of halogens is 1. The van der Waals surface area contributed by atoms with Crippen molar-refractivity contribution in [1.29, 1.82) is 0 Å². The van der Waals surface area contributed by atoms with Crippen molar-refractivity contribution >= 4 is 11.6 Å². The van der Waals surface area contributed by atoms with E-state index in [1.54, 1.807) is 0 Å². The van der Waals surface area contributed by atoms with Gasteiger partial charge in [0.25, 0.3) is 0 Å². The lowest BCUT2D eigenvalue weighted by Crippen LogP contribution is -2.01. The molecule has 0 radical (unpaired) electrons. The fourth-order valence-corrected chi connectivity index (χ4v) is 2.58. The molecule has 2 aromatic rings. The Morgan fingerprint density at radius 1 is 1.12 bits per heavy atom. The molecule has 3 heteroatoms. The van der Waals surface area contributed by atoms with Gasteiger partial charge in [0.1, 0.15) is 0 Å².